The normalized spacial score (nSPS) is 18.7. The summed E-state index contributed by atoms with van der Waals surface area (Å²) in [5, 5.41) is 10.8. The van der Waals surface area contributed by atoms with Gasteiger partial charge in [0.05, 0.1) is 11.6 Å². The average Bonchev–Trinajstić information content (AvgIpc) is 2.81. The maximum absolute atomic E-state index is 12.0. The fourth-order valence-electron chi connectivity index (χ4n) is 2.66. The third-order valence-electron chi connectivity index (χ3n) is 3.70. The van der Waals surface area contributed by atoms with Gasteiger partial charge in [0.25, 0.3) is 0 Å². The Labute approximate surface area is 115 Å². The van der Waals surface area contributed by atoms with Crippen molar-refractivity contribution in [2.24, 2.45) is 5.92 Å². The number of nitrogens with two attached hydrogens (primary N) is 1. The maximum Gasteiger partial charge on any atom is 0.308 e. The number of hydrogen-bond donors (Lipinski definition) is 2. The first-order chi connectivity index (χ1) is 9.58. The number of hydrogen-bond acceptors (Lipinski definition) is 3. The van der Waals surface area contributed by atoms with E-state index in [-0.39, 0.29) is 18.9 Å². The molecule has 0 bridgehead atoms. The second kappa shape index (κ2) is 4.52. The minimum absolute atomic E-state index is 0.0496. The predicted octanol–water partition coefficient (Wildman–Crippen LogP) is 1.86. The fourth-order valence-corrected chi connectivity index (χ4v) is 2.66. The Morgan fingerprint density at radius 2 is 1.90 bits per heavy atom. The van der Waals surface area contributed by atoms with Crippen molar-refractivity contribution < 1.29 is 14.7 Å². The summed E-state index contributed by atoms with van der Waals surface area (Å²) in [6.07, 6.45) is 0.0496. The first-order valence-electron chi connectivity index (χ1n) is 6.38. The fraction of sp³-hybridized carbons (Fsp3) is 0.200. The molecule has 5 heteroatoms. The van der Waals surface area contributed by atoms with Gasteiger partial charge in [-0.2, -0.15) is 0 Å². The van der Waals surface area contributed by atoms with Gasteiger partial charge in [0.15, 0.2) is 0 Å². The molecule has 1 aliphatic heterocycles. The van der Waals surface area contributed by atoms with Crippen molar-refractivity contribution in [2.45, 2.75) is 6.42 Å². The van der Waals surface area contributed by atoms with Gasteiger partial charge in [0.2, 0.25) is 5.91 Å². The zero-order valence-electron chi connectivity index (χ0n) is 10.7. The number of carbonyl (C=O) groups excluding carboxylic acids is 1. The minimum Gasteiger partial charge on any atom is -0.481 e. The molecule has 102 valence electrons. The SMILES string of the molecule is Nc1cccc2c(N3CC(C(=O)O)CC3=O)cccc12. The number of nitrogen functional groups attached to an aromatic ring is 1. The van der Waals surface area contributed by atoms with Crippen LogP contribution in [0.15, 0.2) is 36.4 Å². The molecule has 1 heterocycles. The molecule has 5 nitrogen and oxygen atoms in total. The molecule has 1 saturated heterocycles. The summed E-state index contributed by atoms with van der Waals surface area (Å²) in [5.74, 6) is -1.73. The van der Waals surface area contributed by atoms with E-state index in [1.807, 2.05) is 30.3 Å². The van der Waals surface area contributed by atoms with E-state index in [4.69, 9.17) is 10.8 Å². The summed E-state index contributed by atoms with van der Waals surface area (Å²) in [6, 6.07) is 11.1. The first-order valence-corrected chi connectivity index (χ1v) is 6.38. The molecule has 0 spiro atoms. The zero-order chi connectivity index (χ0) is 14.3. The van der Waals surface area contributed by atoms with Crippen LogP contribution >= 0.6 is 0 Å². The quantitative estimate of drug-likeness (QED) is 0.816. The van der Waals surface area contributed by atoms with Crippen LogP contribution in [0.5, 0.6) is 0 Å². The van der Waals surface area contributed by atoms with Crippen LogP contribution in [-0.2, 0) is 9.59 Å². The van der Waals surface area contributed by atoms with E-state index in [1.54, 1.807) is 11.0 Å². The van der Waals surface area contributed by atoms with Gasteiger partial charge in [-0.05, 0) is 12.1 Å². The van der Waals surface area contributed by atoms with E-state index in [0.29, 0.717) is 5.69 Å². The van der Waals surface area contributed by atoms with Crippen LogP contribution in [0.2, 0.25) is 0 Å². The van der Waals surface area contributed by atoms with Crippen LogP contribution in [0.25, 0.3) is 10.8 Å². The molecule has 1 unspecified atom stereocenters. The molecule has 0 saturated carbocycles. The highest BCUT2D eigenvalue weighted by molar-refractivity contribution is 6.08. The maximum atomic E-state index is 12.0. The molecule has 3 rings (SSSR count). The molecule has 2 aromatic rings. The molecular formula is C15H14N2O3. The Bertz CT molecular complexity index is 711. The molecule has 0 aromatic heterocycles. The Morgan fingerprint density at radius 3 is 2.60 bits per heavy atom. The minimum atomic E-state index is -0.930. The van der Waals surface area contributed by atoms with E-state index < -0.39 is 11.9 Å². The summed E-state index contributed by atoms with van der Waals surface area (Å²) in [6.45, 7) is 0.210. The summed E-state index contributed by atoms with van der Waals surface area (Å²) in [5.41, 5.74) is 7.31. The van der Waals surface area contributed by atoms with Gasteiger partial charge in [-0.25, -0.2) is 0 Å². The molecule has 0 aliphatic carbocycles. The molecule has 1 amide bonds. The number of aliphatic carboxylic acids is 1. The van der Waals surface area contributed by atoms with Crippen LogP contribution in [-0.4, -0.2) is 23.5 Å². The Balaban J connectivity index is 2.09. The lowest BCUT2D eigenvalue weighted by Crippen LogP contribution is -2.25. The molecule has 1 aliphatic rings. The van der Waals surface area contributed by atoms with E-state index in [2.05, 4.69) is 0 Å². The standard InChI is InChI=1S/C15H14N2O3/c16-12-5-1-4-11-10(12)3-2-6-13(11)17-8-9(15(19)20)7-14(17)18/h1-6,9H,7-8,16H2,(H,19,20). The third-order valence-corrected chi connectivity index (χ3v) is 3.70. The van der Waals surface area contributed by atoms with Crippen LogP contribution in [0.3, 0.4) is 0 Å². The first kappa shape index (κ1) is 12.5. The van der Waals surface area contributed by atoms with Gasteiger partial charge in [-0.15, -0.1) is 0 Å². The molecule has 0 radical (unpaired) electrons. The number of carboxylic acids is 1. The van der Waals surface area contributed by atoms with E-state index in [9.17, 15) is 9.59 Å². The average molecular weight is 270 g/mol. The topological polar surface area (TPSA) is 83.6 Å². The van der Waals surface area contributed by atoms with Crippen molar-refractivity contribution in [3.8, 4) is 0 Å². The van der Waals surface area contributed by atoms with E-state index >= 15 is 0 Å². The van der Waals surface area contributed by atoms with Crippen LogP contribution in [0, 0.1) is 5.92 Å². The van der Waals surface area contributed by atoms with Crippen molar-refractivity contribution in [1.82, 2.24) is 0 Å². The second-order valence-electron chi connectivity index (χ2n) is 4.96. The van der Waals surface area contributed by atoms with Crippen molar-refractivity contribution in [3.63, 3.8) is 0 Å². The lowest BCUT2D eigenvalue weighted by atomic mass is 10.1. The number of amides is 1. The van der Waals surface area contributed by atoms with Gasteiger partial charge in [0, 0.05) is 29.4 Å². The van der Waals surface area contributed by atoms with Crippen LogP contribution in [0.4, 0.5) is 11.4 Å². The number of anilines is 2. The van der Waals surface area contributed by atoms with E-state index in [1.165, 1.54) is 0 Å². The molecular weight excluding hydrogens is 256 g/mol. The lowest BCUT2D eigenvalue weighted by Gasteiger charge is -2.19. The zero-order valence-corrected chi connectivity index (χ0v) is 10.7. The van der Waals surface area contributed by atoms with Crippen LogP contribution < -0.4 is 10.6 Å². The van der Waals surface area contributed by atoms with Gasteiger partial charge in [-0.1, -0.05) is 24.3 Å². The largest absolute Gasteiger partial charge is 0.481 e. The predicted molar refractivity (Wildman–Crippen MR) is 76.5 cm³/mol. The van der Waals surface area contributed by atoms with E-state index in [0.717, 1.165) is 16.5 Å². The van der Waals surface area contributed by atoms with Gasteiger partial charge < -0.3 is 15.7 Å². The highest BCUT2D eigenvalue weighted by Crippen LogP contribution is 2.33. The molecule has 2 aromatic carbocycles. The monoisotopic (exact) mass is 270 g/mol. The molecule has 3 N–H and O–H groups in total. The smallest absolute Gasteiger partial charge is 0.308 e. The Kier molecular flexibility index (Phi) is 2.82. The molecule has 1 fully saturated rings. The lowest BCUT2D eigenvalue weighted by molar-refractivity contribution is -0.141. The summed E-state index contributed by atoms with van der Waals surface area (Å²) in [7, 11) is 0. The highest BCUT2D eigenvalue weighted by Gasteiger charge is 2.35. The van der Waals surface area contributed by atoms with Gasteiger partial charge >= 0.3 is 5.97 Å². The number of carboxylic acid groups (broad SMARTS) is 1. The number of rotatable bonds is 2. The van der Waals surface area contributed by atoms with Gasteiger partial charge in [-0.3, -0.25) is 9.59 Å². The highest BCUT2D eigenvalue weighted by atomic mass is 16.4. The summed E-state index contributed by atoms with van der Waals surface area (Å²) >= 11 is 0. The molecule has 20 heavy (non-hydrogen) atoms. The van der Waals surface area contributed by atoms with Crippen molar-refractivity contribution >= 4 is 34.0 Å². The molecule has 1 atom stereocenters. The number of nitrogens with zero attached hydrogens (tertiary/aromatic N) is 1. The summed E-state index contributed by atoms with van der Waals surface area (Å²) in [4.78, 5) is 24.6. The van der Waals surface area contributed by atoms with Crippen molar-refractivity contribution in [1.29, 1.82) is 0 Å². The van der Waals surface area contributed by atoms with Crippen molar-refractivity contribution in [2.75, 3.05) is 17.2 Å². The summed E-state index contributed by atoms with van der Waals surface area (Å²) < 4.78 is 0. The number of carbonyl (C=O) groups is 2. The van der Waals surface area contributed by atoms with Crippen LogP contribution in [0.1, 0.15) is 6.42 Å². The Morgan fingerprint density at radius 1 is 1.20 bits per heavy atom. The number of fused-ring (bicyclic) bond motifs is 1. The third kappa shape index (κ3) is 1.87. The van der Waals surface area contributed by atoms with Gasteiger partial charge in [0.1, 0.15) is 0 Å². The second-order valence-corrected chi connectivity index (χ2v) is 4.96. The van der Waals surface area contributed by atoms with Crippen molar-refractivity contribution in [3.05, 3.63) is 36.4 Å². The number of benzene rings is 2. The Hall–Kier alpha value is -2.56.